The van der Waals surface area contributed by atoms with Crippen molar-refractivity contribution in [3.8, 4) is 11.5 Å². The summed E-state index contributed by atoms with van der Waals surface area (Å²) in [5, 5.41) is 11.1. The van der Waals surface area contributed by atoms with Crippen LogP contribution in [0.4, 0.5) is 0 Å². The van der Waals surface area contributed by atoms with Crippen LogP contribution in [0.1, 0.15) is 65.1 Å². The quantitative estimate of drug-likeness (QED) is 0.370. The molecule has 1 N–H and O–H groups in total. The number of benzene rings is 1. The molecule has 1 heterocycles. The lowest BCUT2D eigenvalue weighted by molar-refractivity contribution is 0.271. The van der Waals surface area contributed by atoms with E-state index in [0.717, 1.165) is 29.5 Å². The van der Waals surface area contributed by atoms with Crippen molar-refractivity contribution >= 4 is 18.4 Å². The van der Waals surface area contributed by atoms with Gasteiger partial charge in [-0.3, -0.25) is 9.89 Å². The number of nitrogens with zero attached hydrogens (tertiary/aromatic N) is 3. The standard InChI is InChI=1S/C21H30N4O3S/c1-6-8-9-12-28-16-11-10-15(13-17(16)27-7-2)14-22-25-19(26)18(21(3,4)5)23-24-20(25)29/h10-11,13-14H,6-9,12H2,1-5H3,(H,24,29)/b22-14-. The number of hydrogen-bond acceptors (Lipinski definition) is 6. The fourth-order valence-corrected chi connectivity index (χ4v) is 2.81. The van der Waals surface area contributed by atoms with Crippen LogP contribution < -0.4 is 15.0 Å². The minimum Gasteiger partial charge on any atom is -0.490 e. The van der Waals surface area contributed by atoms with Crippen LogP contribution in [0.25, 0.3) is 0 Å². The van der Waals surface area contributed by atoms with Gasteiger partial charge in [0.1, 0.15) is 5.69 Å². The van der Waals surface area contributed by atoms with Crippen LogP contribution in [0.2, 0.25) is 0 Å². The Morgan fingerprint density at radius 3 is 2.62 bits per heavy atom. The molecule has 0 aliphatic rings. The molecule has 0 radical (unpaired) electrons. The zero-order valence-electron chi connectivity index (χ0n) is 17.8. The first-order valence-corrected chi connectivity index (χ1v) is 10.3. The Labute approximate surface area is 176 Å². The molecule has 1 aromatic heterocycles. The molecule has 0 saturated heterocycles. The molecule has 0 atom stereocenters. The van der Waals surface area contributed by atoms with Crippen LogP contribution in [-0.2, 0) is 5.41 Å². The number of H-pyrrole nitrogens is 1. The third-order valence-electron chi connectivity index (χ3n) is 4.16. The molecule has 0 bridgehead atoms. The number of rotatable bonds is 9. The molecular weight excluding hydrogens is 388 g/mol. The zero-order valence-corrected chi connectivity index (χ0v) is 18.6. The Hall–Kier alpha value is -2.48. The maximum absolute atomic E-state index is 12.7. The normalized spacial score (nSPS) is 11.8. The van der Waals surface area contributed by atoms with Gasteiger partial charge in [-0.15, -0.1) is 0 Å². The van der Waals surface area contributed by atoms with Crippen molar-refractivity contribution in [3.05, 3.63) is 44.6 Å². The van der Waals surface area contributed by atoms with Crippen molar-refractivity contribution < 1.29 is 9.47 Å². The number of nitrogens with one attached hydrogen (secondary N) is 1. The first-order valence-electron chi connectivity index (χ1n) is 9.94. The van der Waals surface area contributed by atoms with Gasteiger partial charge in [0, 0.05) is 5.41 Å². The summed E-state index contributed by atoms with van der Waals surface area (Å²) in [6.45, 7) is 11.0. The maximum Gasteiger partial charge on any atom is 0.297 e. The number of unbranched alkanes of at least 4 members (excludes halogenated alkanes) is 2. The van der Waals surface area contributed by atoms with E-state index in [-0.39, 0.29) is 10.3 Å². The van der Waals surface area contributed by atoms with Crippen molar-refractivity contribution in [2.75, 3.05) is 13.2 Å². The maximum atomic E-state index is 12.7. The topological polar surface area (TPSA) is 81.5 Å². The van der Waals surface area contributed by atoms with Crippen molar-refractivity contribution in [2.24, 2.45) is 5.10 Å². The summed E-state index contributed by atoms with van der Waals surface area (Å²) in [7, 11) is 0. The Kier molecular flexibility index (Phi) is 8.13. The van der Waals surface area contributed by atoms with Crippen molar-refractivity contribution in [2.45, 2.75) is 59.3 Å². The smallest absolute Gasteiger partial charge is 0.297 e. The molecule has 0 amide bonds. The minimum atomic E-state index is -0.424. The molecule has 0 spiro atoms. The van der Waals surface area contributed by atoms with E-state index in [1.165, 1.54) is 0 Å². The van der Waals surface area contributed by atoms with Crippen LogP contribution in [0, 0.1) is 4.77 Å². The van der Waals surface area contributed by atoms with E-state index in [1.54, 1.807) is 6.21 Å². The zero-order chi connectivity index (χ0) is 21.4. The van der Waals surface area contributed by atoms with Crippen LogP contribution in [0.15, 0.2) is 28.1 Å². The Morgan fingerprint density at radius 2 is 1.97 bits per heavy atom. The summed E-state index contributed by atoms with van der Waals surface area (Å²) in [5.41, 5.74) is 0.379. The van der Waals surface area contributed by atoms with Gasteiger partial charge < -0.3 is 9.47 Å². The SMILES string of the molecule is CCCCCOc1ccc(/C=N\n2c(=S)[nH]nc(C(C)(C)C)c2=O)cc1OCC. The van der Waals surface area contributed by atoms with Gasteiger partial charge in [-0.25, -0.2) is 0 Å². The van der Waals surface area contributed by atoms with Crippen LogP contribution in [-0.4, -0.2) is 34.3 Å². The molecule has 2 aromatic rings. The fourth-order valence-electron chi connectivity index (χ4n) is 2.64. The first-order chi connectivity index (χ1) is 13.8. The summed E-state index contributed by atoms with van der Waals surface area (Å²) in [4.78, 5) is 12.7. The van der Waals surface area contributed by atoms with E-state index >= 15 is 0 Å². The van der Waals surface area contributed by atoms with Crippen molar-refractivity contribution in [1.82, 2.24) is 14.9 Å². The van der Waals surface area contributed by atoms with E-state index in [0.29, 0.717) is 30.4 Å². The number of aromatic amines is 1. The molecule has 158 valence electrons. The average molecular weight is 419 g/mol. The van der Waals surface area contributed by atoms with E-state index in [2.05, 4.69) is 22.2 Å². The lowest BCUT2D eigenvalue weighted by Gasteiger charge is -2.16. The largest absolute Gasteiger partial charge is 0.490 e. The summed E-state index contributed by atoms with van der Waals surface area (Å²) in [6, 6.07) is 5.56. The van der Waals surface area contributed by atoms with Crippen molar-refractivity contribution in [3.63, 3.8) is 0 Å². The van der Waals surface area contributed by atoms with Crippen molar-refractivity contribution in [1.29, 1.82) is 0 Å². The van der Waals surface area contributed by atoms with Gasteiger partial charge in [-0.05, 0) is 49.3 Å². The number of ether oxygens (including phenoxy) is 2. The second-order valence-corrected chi connectivity index (χ2v) is 8.07. The van der Waals surface area contributed by atoms with Crippen LogP contribution in [0.5, 0.6) is 11.5 Å². The lowest BCUT2D eigenvalue weighted by Crippen LogP contribution is -2.32. The van der Waals surface area contributed by atoms with Gasteiger partial charge in [-0.2, -0.15) is 14.9 Å². The number of aromatic nitrogens is 3. The average Bonchev–Trinajstić information content (AvgIpc) is 2.65. The highest BCUT2D eigenvalue weighted by Crippen LogP contribution is 2.28. The second-order valence-electron chi connectivity index (χ2n) is 7.68. The van der Waals surface area contributed by atoms with E-state index in [9.17, 15) is 4.79 Å². The predicted molar refractivity (Wildman–Crippen MR) is 118 cm³/mol. The monoisotopic (exact) mass is 418 g/mol. The third kappa shape index (κ3) is 6.25. The Bertz CT molecular complexity index is 958. The highest BCUT2D eigenvalue weighted by Gasteiger charge is 2.21. The molecule has 0 fully saturated rings. The first kappa shape index (κ1) is 22.8. The molecular formula is C21H30N4O3S. The summed E-state index contributed by atoms with van der Waals surface area (Å²) < 4.78 is 12.8. The third-order valence-corrected chi connectivity index (χ3v) is 4.42. The van der Waals surface area contributed by atoms with Gasteiger partial charge in [0.25, 0.3) is 5.56 Å². The van der Waals surface area contributed by atoms with Gasteiger partial charge in [0.15, 0.2) is 11.5 Å². The molecule has 1 aromatic carbocycles. The fraction of sp³-hybridized carbons (Fsp3) is 0.524. The minimum absolute atomic E-state index is 0.139. The van der Waals surface area contributed by atoms with Gasteiger partial charge in [-0.1, -0.05) is 40.5 Å². The van der Waals surface area contributed by atoms with Gasteiger partial charge in [0.05, 0.1) is 19.4 Å². The molecule has 2 rings (SSSR count). The predicted octanol–water partition coefficient (Wildman–Crippen LogP) is 4.45. The molecule has 29 heavy (non-hydrogen) atoms. The molecule has 0 aliphatic heterocycles. The molecule has 0 aliphatic carbocycles. The van der Waals surface area contributed by atoms with Gasteiger partial charge >= 0.3 is 0 Å². The Morgan fingerprint density at radius 1 is 1.21 bits per heavy atom. The summed E-state index contributed by atoms with van der Waals surface area (Å²) in [6.07, 6.45) is 4.85. The van der Waals surface area contributed by atoms with E-state index in [4.69, 9.17) is 21.7 Å². The highest BCUT2D eigenvalue weighted by atomic mass is 32.1. The van der Waals surface area contributed by atoms with E-state index in [1.807, 2.05) is 45.9 Å². The van der Waals surface area contributed by atoms with E-state index < -0.39 is 5.41 Å². The van der Waals surface area contributed by atoms with Crippen LogP contribution >= 0.6 is 12.2 Å². The second kappa shape index (κ2) is 10.3. The molecule has 7 nitrogen and oxygen atoms in total. The van der Waals surface area contributed by atoms with Gasteiger partial charge in [0.2, 0.25) is 4.77 Å². The Balaban J connectivity index is 2.30. The number of hydrogen-bond donors (Lipinski definition) is 1. The highest BCUT2D eigenvalue weighted by molar-refractivity contribution is 7.71. The molecule has 0 unspecified atom stereocenters. The van der Waals surface area contributed by atoms with Crippen LogP contribution in [0.3, 0.4) is 0 Å². The summed E-state index contributed by atoms with van der Waals surface area (Å²) >= 11 is 5.18. The molecule has 8 heteroatoms. The summed E-state index contributed by atoms with van der Waals surface area (Å²) in [5.74, 6) is 1.35. The molecule has 0 saturated carbocycles. The lowest BCUT2D eigenvalue weighted by atomic mass is 9.93.